The van der Waals surface area contributed by atoms with Gasteiger partial charge in [0.25, 0.3) is 0 Å². The zero-order chi connectivity index (χ0) is 21.4. The van der Waals surface area contributed by atoms with Crippen molar-refractivity contribution < 1.29 is 13.5 Å². The molecule has 0 saturated carbocycles. The van der Waals surface area contributed by atoms with Gasteiger partial charge in [0.15, 0.2) is 3.92 Å². The van der Waals surface area contributed by atoms with Crippen molar-refractivity contribution in [2.24, 2.45) is 0 Å². The molecule has 0 spiro atoms. The third-order valence-corrected chi connectivity index (χ3v) is 6.00. The lowest BCUT2D eigenvalue weighted by atomic mass is 10.2. The molecule has 2 aromatic carbocycles. The molecule has 0 fully saturated rings. The second-order valence-corrected chi connectivity index (χ2v) is 8.85. The topological polar surface area (TPSA) is 61.9 Å². The summed E-state index contributed by atoms with van der Waals surface area (Å²) in [5.74, 6) is -1.08. The maximum absolute atomic E-state index is 13.9. The molecule has 0 aliphatic rings. The zero-order valence-electron chi connectivity index (χ0n) is 15.3. The molecule has 0 radical (unpaired) electrons. The van der Waals surface area contributed by atoms with Crippen LogP contribution in [-0.4, -0.2) is 19.3 Å². The maximum atomic E-state index is 13.9. The molecule has 0 saturated heterocycles. The minimum absolute atomic E-state index is 0.216. The predicted molar refractivity (Wildman–Crippen MR) is 113 cm³/mol. The summed E-state index contributed by atoms with van der Waals surface area (Å²) in [6.07, 6.45) is 1.21. The van der Waals surface area contributed by atoms with Crippen LogP contribution < -0.4 is 10.4 Å². The Hall–Kier alpha value is -2.56. The van der Waals surface area contributed by atoms with Crippen LogP contribution in [0.15, 0.2) is 51.4 Å². The molecular formula is C19H12BrClF2N4O2S. The van der Waals surface area contributed by atoms with E-state index in [4.69, 9.17) is 16.3 Å². The summed E-state index contributed by atoms with van der Waals surface area (Å²) < 4.78 is 36.4. The fourth-order valence-corrected chi connectivity index (χ4v) is 4.30. The first-order valence-electron chi connectivity index (χ1n) is 8.51. The minimum Gasteiger partial charge on any atom is -0.443 e. The first-order chi connectivity index (χ1) is 14.3. The molecule has 11 heteroatoms. The number of halogens is 4. The highest BCUT2D eigenvalue weighted by molar-refractivity contribution is 9.11. The van der Waals surface area contributed by atoms with Crippen molar-refractivity contribution in [2.45, 2.75) is 13.5 Å². The zero-order valence-corrected chi connectivity index (χ0v) is 18.4. The molecule has 2 heterocycles. The summed E-state index contributed by atoms with van der Waals surface area (Å²) in [5.41, 5.74) is 0.311. The van der Waals surface area contributed by atoms with Crippen molar-refractivity contribution in [3.8, 4) is 16.5 Å². The van der Waals surface area contributed by atoms with Gasteiger partial charge in [0, 0.05) is 5.56 Å². The van der Waals surface area contributed by atoms with E-state index in [0.717, 1.165) is 21.4 Å². The molecule has 0 aliphatic heterocycles. The summed E-state index contributed by atoms with van der Waals surface area (Å²) in [6.45, 7) is 1.52. The molecule has 2 aromatic heterocycles. The van der Waals surface area contributed by atoms with E-state index in [1.165, 1.54) is 29.8 Å². The predicted octanol–water partition coefficient (Wildman–Crippen LogP) is 5.33. The number of aromatic nitrogens is 4. The number of ether oxygens (including phenoxy) is 1. The Morgan fingerprint density at radius 2 is 1.97 bits per heavy atom. The number of aryl methyl sites for hydroxylation is 1. The maximum Gasteiger partial charge on any atom is 0.350 e. The number of benzene rings is 2. The van der Waals surface area contributed by atoms with Gasteiger partial charge >= 0.3 is 5.69 Å². The van der Waals surface area contributed by atoms with Crippen LogP contribution in [0.2, 0.25) is 5.02 Å². The van der Waals surface area contributed by atoms with E-state index >= 15 is 0 Å². The Bertz CT molecular complexity index is 1280. The van der Waals surface area contributed by atoms with Crippen molar-refractivity contribution in [1.29, 1.82) is 0 Å². The van der Waals surface area contributed by atoms with E-state index in [2.05, 4.69) is 26.0 Å². The molecule has 4 aromatic rings. The molecule has 0 N–H and O–H groups in total. The monoisotopic (exact) mass is 512 g/mol. The van der Waals surface area contributed by atoms with Gasteiger partial charge in [-0.3, -0.25) is 4.57 Å². The Kier molecular flexibility index (Phi) is 5.72. The molecule has 30 heavy (non-hydrogen) atoms. The summed E-state index contributed by atoms with van der Waals surface area (Å²) in [7, 11) is 0. The first kappa shape index (κ1) is 20.7. The Labute approximate surface area is 186 Å². The summed E-state index contributed by atoms with van der Waals surface area (Å²) in [4.78, 5) is 16.9. The van der Waals surface area contributed by atoms with E-state index in [0.29, 0.717) is 26.1 Å². The smallest absolute Gasteiger partial charge is 0.350 e. The Morgan fingerprint density at radius 3 is 2.60 bits per heavy atom. The second kappa shape index (κ2) is 8.29. The minimum atomic E-state index is -0.732. The number of hydrogen-bond donors (Lipinski definition) is 0. The third-order valence-electron chi connectivity index (χ3n) is 4.21. The molecule has 0 atom stereocenters. The van der Waals surface area contributed by atoms with Crippen LogP contribution in [0.4, 0.5) is 8.78 Å². The van der Waals surface area contributed by atoms with Crippen LogP contribution in [0.3, 0.4) is 0 Å². The molecule has 6 nitrogen and oxygen atoms in total. The second-order valence-electron chi connectivity index (χ2n) is 6.21. The van der Waals surface area contributed by atoms with Gasteiger partial charge in [0.05, 0.1) is 22.9 Å². The SMILES string of the molecule is Cc1nc(Br)sc1Oc1ccc(-n2ncn(Cc3c(F)cccc3F)c2=O)cc1Cl. The fraction of sp³-hybridized carbons (Fsp3) is 0.105. The number of nitrogens with zero attached hydrogens (tertiary/aromatic N) is 4. The highest BCUT2D eigenvalue weighted by Crippen LogP contribution is 2.37. The van der Waals surface area contributed by atoms with E-state index in [1.54, 1.807) is 12.1 Å². The van der Waals surface area contributed by atoms with E-state index in [9.17, 15) is 13.6 Å². The van der Waals surface area contributed by atoms with Crippen molar-refractivity contribution in [3.63, 3.8) is 0 Å². The number of thiazole rings is 1. The molecule has 0 bridgehead atoms. The van der Waals surface area contributed by atoms with Crippen molar-refractivity contribution in [3.05, 3.63) is 85.0 Å². The van der Waals surface area contributed by atoms with Crippen LogP contribution in [-0.2, 0) is 6.54 Å². The lowest BCUT2D eigenvalue weighted by Gasteiger charge is -2.08. The van der Waals surface area contributed by atoms with Crippen LogP contribution >= 0.6 is 38.9 Å². The molecule has 154 valence electrons. The lowest BCUT2D eigenvalue weighted by Crippen LogP contribution is -2.24. The Balaban J connectivity index is 1.61. The molecule has 0 amide bonds. The number of rotatable bonds is 5. The van der Waals surface area contributed by atoms with E-state index in [-0.39, 0.29) is 17.1 Å². The highest BCUT2D eigenvalue weighted by atomic mass is 79.9. The van der Waals surface area contributed by atoms with Crippen LogP contribution in [0.5, 0.6) is 10.8 Å². The largest absolute Gasteiger partial charge is 0.443 e. The molecular weight excluding hydrogens is 502 g/mol. The fourth-order valence-electron chi connectivity index (χ4n) is 2.72. The van der Waals surface area contributed by atoms with Crippen molar-refractivity contribution in [1.82, 2.24) is 19.3 Å². The van der Waals surface area contributed by atoms with Gasteiger partial charge < -0.3 is 4.74 Å². The van der Waals surface area contributed by atoms with Crippen molar-refractivity contribution >= 4 is 38.9 Å². The molecule has 0 unspecified atom stereocenters. The van der Waals surface area contributed by atoms with Gasteiger partial charge in [0.2, 0.25) is 5.06 Å². The van der Waals surface area contributed by atoms with Gasteiger partial charge in [0.1, 0.15) is 23.7 Å². The summed E-state index contributed by atoms with van der Waals surface area (Å²) in [6, 6.07) is 8.26. The first-order valence-corrected chi connectivity index (χ1v) is 10.5. The average Bonchev–Trinajstić information content (AvgIpc) is 3.21. The lowest BCUT2D eigenvalue weighted by molar-refractivity contribution is 0.491. The van der Waals surface area contributed by atoms with E-state index < -0.39 is 17.3 Å². The van der Waals surface area contributed by atoms with Gasteiger partial charge in [-0.1, -0.05) is 29.0 Å². The molecule has 0 aliphatic carbocycles. The van der Waals surface area contributed by atoms with Crippen LogP contribution in [0.25, 0.3) is 5.69 Å². The quantitative estimate of drug-likeness (QED) is 0.362. The average molecular weight is 514 g/mol. The van der Waals surface area contributed by atoms with Crippen LogP contribution in [0.1, 0.15) is 11.3 Å². The van der Waals surface area contributed by atoms with Crippen LogP contribution in [0, 0.1) is 18.6 Å². The van der Waals surface area contributed by atoms with Gasteiger partial charge in [-0.2, -0.15) is 9.78 Å². The van der Waals surface area contributed by atoms with E-state index in [1.807, 2.05) is 6.92 Å². The van der Waals surface area contributed by atoms with Gasteiger partial charge in [-0.05, 0) is 53.2 Å². The van der Waals surface area contributed by atoms with Gasteiger partial charge in [-0.15, -0.1) is 0 Å². The van der Waals surface area contributed by atoms with Gasteiger partial charge in [-0.25, -0.2) is 18.6 Å². The molecule has 4 rings (SSSR count). The highest BCUT2D eigenvalue weighted by Gasteiger charge is 2.15. The Morgan fingerprint density at radius 1 is 1.23 bits per heavy atom. The standard InChI is InChI=1S/C19H12BrClF2N4O2S/c1-10-17(30-18(20)25-10)29-16-6-5-11(7-13(16)21)27-19(28)26(9-24-27)8-12-14(22)3-2-4-15(12)23/h2-7,9H,8H2,1H3. The summed E-state index contributed by atoms with van der Waals surface area (Å²) in [5, 5.41) is 4.87. The normalized spacial score (nSPS) is 11.1. The third kappa shape index (κ3) is 4.03. The number of hydrogen-bond acceptors (Lipinski definition) is 5. The summed E-state index contributed by atoms with van der Waals surface area (Å²) >= 11 is 10.9. The van der Waals surface area contributed by atoms with Crippen molar-refractivity contribution in [2.75, 3.05) is 0 Å².